The van der Waals surface area contributed by atoms with Crippen molar-refractivity contribution in [2.45, 2.75) is 40.0 Å². The van der Waals surface area contributed by atoms with Gasteiger partial charge in [-0.3, -0.25) is 19.7 Å². The Morgan fingerprint density at radius 3 is 2.27 bits per heavy atom. The molecule has 3 N–H and O–H groups in total. The van der Waals surface area contributed by atoms with E-state index in [0.29, 0.717) is 17.1 Å². The first-order chi connectivity index (χ1) is 21.3. The summed E-state index contributed by atoms with van der Waals surface area (Å²) in [5, 5.41) is 27.2. The van der Waals surface area contributed by atoms with E-state index in [4.69, 9.17) is 14.2 Å². The zero-order valence-corrected chi connectivity index (χ0v) is 24.9. The van der Waals surface area contributed by atoms with Crippen LogP contribution in [0.3, 0.4) is 0 Å². The van der Waals surface area contributed by atoms with Crippen LogP contribution in [0, 0.1) is 46.2 Å². The van der Waals surface area contributed by atoms with Crippen molar-refractivity contribution in [1.82, 2.24) is 0 Å². The number of carbonyl (C=O) groups is 2. The van der Waals surface area contributed by atoms with Gasteiger partial charge >= 0.3 is 11.7 Å². The normalized spacial score (nSPS) is 12.2. The minimum absolute atomic E-state index is 0.0113. The van der Waals surface area contributed by atoms with Gasteiger partial charge in [0.15, 0.2) is 11.6 Å². The van der Waals surface area contributed by atoms with E-state index in [9.17, 15) is 33.6 Å². The molecule has 0 aromatic heterocycles. The first kappa shape index (κ1) is 34.6. The molecule has 0 spiro atoms. The number of nitro benzene ring substituents is 1. The number of methoxy groups -OCH3 is 2. The number of aliphatic hydroxyl groups excluding tert-OH is 1. The lowest BCUT2D eigenvalue weighted by Crippen LogP contribution is -2.40. The molecule has 0 saturated carbocycles. The number of rotatable bonds is 14. The minimum atomic E-state index is -2.07. The molecular formula is C30H31F4N3O8. The van der Waals surface area contributed by atoms with Gasteiger partial charge in [-0.25, -0.2) is 13.2 Å². The first-order valence-corrected chi connectivity index (χ1v) is 13.5. The van der Waals surface area contributed by atoms with Crippen LogP contribution in [-0.4, -0.2) is 48.7 Å². The Morgan fingerprint density at radius 1 is 1.00 bits per heavy atom. The van der Waals surface area contributed by atoms with Gasteiger partial charge in [-0.1, -0.05) is 0 Å². The highest BCUT2D eigenvalue weighted by Gasteiger charge is 2.42. The summed E-state index contributed by atoms with van der Waals surface area (Å²) in [6.45, 7) is 2.56. The van der Waals surface area contributed by atoms with Crippen molar-refractivity contribution < 1.29 is 51.4 Å². The summed E-state index contributed by atoms with van der Waals surface area (Å²) < 4.78 is 74.4. The first-order valence-electron chi connectivity index (χ1n) is 13.5. The molecule has 3 rings (SSSR count). The summed E-state index contributed by atoms with van der Waals surface area (Å²) in [6.07, 6.45) is 0. The van der Waals surface area contributed by atoms with E-state index in [1.54, 1.807) is 18.2 Å². The van der Waals surface area contributed by atoms with Crippen LogP contribution in [-0.2, 0) is 22.7 Å². The fourth-order valence-electron chi connectivity index (χ4n) is 4.62. The number of ether oxygens (including phenoxy) is 3. The number of Topliss-reactive ketones (excluding diaryl/α,β-unsaturated/α-hetero) is 1. The molecular weight excluding hydrogens is 606 g/mol. The third kappa shape index (κ3) is 7.25. The number of aliphatic hydroxyl groups is 1. The smallest absolute Gasteiger partial charge is 0.321 e. The number of esters is 1. The molecule has 0 amide bonds. The molecule has 242 valence electrons. The monoisotopic (exact) mass is 637 g/mol. The van der Waals surface area contributed by atoms with Crippen molar-refractivity contribution in [2.24, 2.45) is 5.92 Å². The van der Waals surface area contributed by atoms with Gasteiger partial charge in [0.2, 0.25) is 5.82 Å². The van der Waals surface area contributed by atoms with Crippen molar-refractivity contribution in [1.29, 1.82) is 0 Å². The van der Waals surface area contributed by atoms with E-state index in [2.05, 4.69) is 10.6 Å². The lowest BCUT2D eigenvalue weighted by molar-refractivity contribution is -0.388. The maximum absolute atomic E-state index is 15.1. The Kier molecular flexibility index (Phi) is 11.3. The molecule has 3 aromatic rings. The summed E-state index contributed by atoms with van der Waals surface area (Å²) in [4.78, 5) is 36.7. The van der Waals surface area contributed by atoms with E-state index < -0.39 is 75.3 Å². The summed E-state index contributed by atoms with van der Waals surface area (Å²) in [7, 11) is 2.93. The number of anilines is 2. The molecule has 0 radical (unpaired) electrons. The molecule has 0 saturated heterocycles. The summed E-state index contributed by atoms with van der Waals surface area (Å²) in [6, 6.07) is 5.87. The van der Waals surface area contributed by atoms with Gasteiger partial charge in [0.1, 0.15) is 34.6 Å². The Morgan fingerprint density at radius 2 is 1.69 bits per heavy atom. The van der Waals surface area contributed by atoms with E-state index in [-0.39, 0.29) is 30.1 Å². The molecule has 0 aliphatic heterocycles. The van der Waals surface area contributed by atoms with Gasteiger partial charge in [-0.15, -0.1) is 0 Å². The number of ketones is 1. The number of halogens is 4. The molecule has 3 aromatic carbocycles. The van der Waals surface area contributed by atoms with Gasteiger partial charge in [0, 0.05) is 41.0 Å². The molecule has 0 heterocycles. The standard InChI is InChI=1S/C30H31F4N3O8/c1-6-45-30(40)23(29(39)24-25(32)14(2)26(33)27(34)28(24)37(41)42)15(3)36-20-11-21(19(31)9-17(20)13-38)35-12-16-7-8-18(43-4)10-22(16)44-5/h7-11,15,23,35-36,38H,6,12-13H2,1-5H3. The number of nitrogens with one attached hydrogen (secondary N) is 2. The number of nitro groups is 1. The molecule has 0 aliphatic rings. The number of nitrogens with zero attached hydrogens (tertiary/aromatic N) is 1. The van der Waals surface area contributed by atoms with E-state index in [0.717, 1.165) is 13.0 Å². The van der Waals surface area contributed by atoms with Gasteiger partial charge in [0.05, 0.1) is 38.0 Å². The fourth-order valence-corrected chi connectivity index (χ4v) is 4.62. The summed E-state index contributed by atoms with van der Waals surface area (Å²) in [5.41, 5.74) is -3.66. The lowest BCUT2D eigenvalue weighted by atomic mass is 9.89. The Labute approximate surface area is 255 Å². The van der Waals surface area contributed by atoms with Crippen LogP contribution in [0.25, 0.3) is 0 Å². The van der Waals surface area contributed by atoms with Gasteiger partial charge in [-0.2, -0.15) is 4.39 Å². The Hall–Kier alpha value is -4.92. The van der Waals surface area contributed by atoms with Crippen LogP contribution >= 0.6 is 0 Å². The molecule has 2 atom stereocenters. The van der Waals surface area contributed by atoms with Crippen LogP contribution < -0.4 is 20.1 Å². The second-order valence-electron chi connectivity index (χ2n) is 9.75. The Balaban J connectivity index is 2.03. The van der Waals surface area contributed by atoms with Crippen molar-refractivity contribution in [3.63, 3.8) is 0 Å². The third-order valence-electron chi connectivity index (χ3n) is 6.98. The van der Waals surface area contributed by atoms with Crippen LogP contribution in [0.1, 0.15) is 40.9 Å². The minimum Gasteiger partial charge on any atom is -0.497 e. The van der Waals surface area contributed by atoms with E-state index in [1.165, 1.54) is 34.1 Å². The highest BCUT2D eigenvalue weighted by molar-refractivity contribution is 6.12. The van der Waals surface area contributed by atoms with Crippen molar-refractivity contribution >= 4 is 28.8 Å². The average Bonchev–Trinajstić information content (AvgIpc) is 3.01. The zero-order valence-electron chi connectivity index (χ0n) is 24.9. The second kappa shape index (κ2) is 14.7. The van der Waals surface area contributed by atoms with E-state index in [1.807, 2.05) is 0 Å². The predicted molar refractivity (Wildman–Crippen MR) is 154 cm³/mol. The highest BCUT2D eigenvalue weighted by atomic mass is 19.2. The topological polar surface area (TPSA) is 149 Å². The van der Waals surface area contributed by atoms with Crippen LogP contribution in [0.15, 0.2) is 30.3 Å². The molecule has 0 aliphatic carbocycles. The van der Waals surface area contributed by atoms with Crippen molar-refractivity contribution in [3.8, 4) is 11.5 Å². The molecule has 45 heavy (non-hydrogen) atoms. The number of benzene rings is 3. The fraction of sp³-hybridized carbons (Fsp3) is 0.333. The van der Waals surface area contributed by atoms with Crippen LogP contribution in [0.5, 0.6) is 11.5 Å². The van der Waals surface area contributed by atoms with Gasteiger partial charge in [-0.05, 0) is 45.0 Å². The highest BCUT2D eigenvalue weighted by Crippen LogP contribution is 2.35. The molecule has 11 nitrogen and oxygen atoms in total. The summed E-state index contributed by atoms with van der Waals surface area (Å²) in [5.74, 6) is -10.3. The van der Waals surface area contributed by atoms with Crippen molar-refractivity contribution in [2.75, 3.05) is 31.5 Å². The lowest BCUT2D eigenvalue weighted by Gasteiger charge is -2.25. The zero-order chi connectivity index (χ0) is 33.6. The molecule has 2 unspecified atom stereocenters. The largest absolute Gasteiger partial charge is 0.497 e. The second-order valence-corrected chi connectivity index (χ2v) is 9.75. The average molecular weight is 638 g/mol. The third-order valence-corrected chi connectivity index (χ3v) is 6.98. The van der Waals surface area contributed by atoms with E-state index >= 15 is 8.78 Å². The van der Waals surface area contributed by atoms with Crippen LogP contribution in [0.2, 0.25) is 0 Å². The maximum Gasteiger partial charge on any atom is 0.321 e. The predicted octanol–water partition coefficient (Wildman–Crippen LogP) is 5.44. The molecule has 15 heteroatoms. The van der Waals surface area contributed by atoms with Crippen LogP contribution in [0.4, 0.5) is 34.6 Å². The number of hydrogen-bond acceptors (Lipinski definition) is 10. The molecule has 0 bridgehead atoms. The quantitative estimate of drug-likeness (QED) is 0.0397. The maximum atomic E-state index is 15.1. The SMILES string of the molecule is CCOC(=O)C(C(=O)c1c(F)c(C)c(F)c(F)c1[N+](=O)[O-])C(C)Nc1cc(NCc2ccc(OC)cc2OC)c(F)cc1CO. The Bertz CT molecular complexity index is 1620. The van der Waals surface area contributed by atoms with Gasteiger partial charge in [0.25, 0.3) is 0 Å². The summed E-state index contributed by atoms with van der Waals surface area (Å²) >= 11 is 0. The van der Waals surface area contributed by atoms with Gasteiger partial charge < -0.3 is 30.0 Å². The number of carbonyl (C=O) groups excluding carboxylic acids is 2. The van der Waals surface area contributed by atoms with Crippen molar-refractivity contribution in [3.05, 3.63) is 86.0 Å². The number of hydrogen-bond donors (Lipinski definition) is 3. The molecule has 0 fully saturated rings.